The highest BCUT2D eigenvalue weighted by molar-refractivity contribution is 5.28. The van der Waals surface area contributed by atoms with Crippen LogP contribution in [0.2, 0.25) is 0 Å². The minimum Gasteiger partial charge on any atom is -0.306 e. The molecule has 1 aliphatic heterocycles. The molecule has 0 spiro atoms. The highest BCUT2D eigenvalue weighted by Crippen LogP contribution is 2.26. The lowest BCUT2D eigenvalue weighted by Crippen LogP contribution is -2.29. The molecule has 2 aromatic rings. The average molecular weight is 256 g/mol. The first-order valence-electron chi connectivity index (χ1n) is 6.90. The van der Waals surface area contributed by atoms with Gasteiger partial charge in [0, 0.05) is 24.0 Å². The molecule has 0 N–H and O–H groups in total. The summed E-state index contributed by atoms with van der Waals surface area (Å²) in [7, 11) is 2.19. The van der Waals surface area contributed by atoms with E-state index in [1.807, 2.05) is 30.0 Å². The largest absolute Gasteiger partial charge is 0.306 e. The molecule has 3 heterocycles. The molecule has 2 aromatic heterocycles. The summed E-state index contributed by atoms with van der Waals surface area (Å²) in [6.45, 7) is 4.34. The van der Waals surface area contributed by atoms with Crippen molar-refractivity contribution < 1.29 is 0 Å². The Labute approximate surface area is 114 Å². The molecular formula is C15H20N4. The highest BCUT2D eigenvalue weighted by Gasteiger charge is 2.19. The quantitative estimate of drug-likeness (QED) is 0.827. The van der Waals surface area contributed by atoms with Crippen LogP contribution < -0.4 is 0 Å². The van der Waals surface area contributed by atoms with E-state index in [9.17, 15) is 0 Å². The molecule has 3 rings (SSSR count). The molecular weight excluding hydrogens is 236 g/mol. The predicted molar refractivity (Wildman–Crippen MR) is 75.6 cm³/mol. The zero-order valence-corrected chi connectivity index (χ0v) is 11.6. The first-order chi connectivity index (χ1) is 9.24. The van der Waals surface area contributed by atoms with Crippen molar-refractivity contribution in [2.75, 3.05) is 20.1 Å². The standard InChI is InChI=1S/C15H20N4/c1-12-16-8-11-19(12)15-5-3-4-14(17-15)13-6-9-18(2)10-7-13/h3-5,8,11,13H,6-7,9-10H2,1-2H3. The number of imidazole rings is 1. The predicted octanol–water partition coefficient (Wildman–Crippen LogP) is 2.38. The summed E-state index contributed by atoms with van der Waals surface area (Å²) in [5.41, 5.74) is 1.22. The van der Waals surface area contributed by atoms with Gasteiger partial charge in [-0.15, -0.1) is 0 Å². The summed E-state index contributed by atoms with van der Waals surface area (Å²) in [5, 5.41) is 0. The summed E-state index contributed by atoms with van der Waals surface area (Å²) in [6, 6.07) is 6.31. The maximum absolute atomic E-state index is 4.83. The molecule has 100 valence electrons. The van der Waals surface area contributed by atoms with Crippen LogP contribution in [0.4, 0.5) is 0 Å². The molecule has 0 amide bonds. The van der Waals surface area contributed by atoms with Crippen LogP contribution in [0, 0.1) is 6.92 Å². The maximum atomic E-state index is 4.83. The molecule has 0 bridgehead atoms. The van der Waals surface area contributed by atoms with E-state index in [4.69, 9.17) is 4.98 Å². The van der Waals surface area contributed by atoms with E-state index in [2.05, 4.69) is 29.1 Å². The molecule has 1 aliphatic rings. The Kier molecular flexibility index (Phi) is 3.34. The van der Waals surface area contributed by atoms with E-state index in [1.54, 1.807) is 0 Å². The van der Waals surface area contributed by atoms with Gasteiger partial charge >= 0.3 is 0 Å². The van der Waals surface area contributed by atoms with Gasteiger partial charge in [0.05, 0.1) is 0 Å². The van der Waals surface area contributed by atoms with Gasteiger partial charge in [0.1, 0.15) is 11.6 Å². The fourth-order valence-electron chi connectivity index (χ4n) is 2.73. The van der Waals surface area contributed by atoms with E-state index in [-0.39, 0.29) is 0 Å². The molecule has 0 unspecified atom stereocenters. The molecule has 0 aromatic carbocycles. The molecule has 4 heteroatoms. The monoisotopic (exact) mass is 256 g/mol. The Morgan fingerprint density at radius 2 is 2.00 bits per heavy atom. The first-order valence-corrected chi connectivity index (χ1v) is 6.90. The third-order valence-electron chi connectivity index (χ3n) is 3.97. The van der Waals surface area contributed by atoms with Gasteiger partial charge in [-0.2, -0.15) is 0 Å². The lowest BCUT2D eigenvalue weighted by atomic mass is 9.93. The summed E-state index contributed by atoms with van der Waals surface area (Å²) in [4.78, 5) is 11.5. The van der Waals surface area contributed by atoms with Crippen molar-refractivity contribution in [1.29, 1.82) is 0 Å². The highest BCUT2D eigenvalue weighted by atomic mass is 15.1. The van der Waals surface area contributed by atoms with Crippen LogP contribution in [-0.4, -0.2) is 39.6 Å². The van der Waals surface area contributed by atoms with Gasteiger partial charge in [0.2, 0.25) is 0 Å². The third-order valence-corrected chi connectivity index (χ3v) is 3.97. The Balaban J connectivity index is 1.86. The summed E-state index contributed by atoms with van der Waals surface area (Å²) < 4.78 is 2.04. The van der Waals surface area contributed by atoms with Crippen molar-refractivity contribution in [2.24, 2.45) is 0 Å². The fourth-order valence-corrected chi connectivity index (χ4v) is 2.73. The number of nitrogens with zero attached hydrogens (tertiary/aromatic N) is 4. The van der Waals surface area contributed by atoms with E-state index >= 15 is 0 Å². The molecule has 1 saturated heterocycles. The fraction of sp³-hybridized carbons (Fsp3) is 0.467. The Hall–Kier alpha value is -1.68. The van der Waals surface area contributed by atoms with E-state index < -0.39 is 0 Å². The number of hydrogen-bond donors (Lipinski definition) is 0. The van der Waals surface area contributed by atoms with Gasteiger partial charge in [-0.05, 0) is 52.0 Å². The van der Waals surface area contributed by atoms with Crippen LogP contribution in [0.1, 0.15) is 30.3 Å². The lowest BCUT2D eigenvalue weighted by molar-refractivity contribution is 0.253. The molecule has 4 nitrogen and oxygen atoms in total. The van der Waals surface area contributed by atoms with Crippen molar-refractivity contribution in [3.05, 3.63) is 42.1 Å². The van der Waals surface area contributed by atoms with Crippen LogP contribution >= 0.6 is 0 Å². The Morgan fingerprint density at radius 1 is 1.21 bits per heavy atom. The minimum atomic E-state index is 0.597. The number of pyridine rings is 1. The zero-order chi connectivity index (χ0) is 13.2. The molecule has 19 heavy (non-hydrogen) atoms. The van der Waals surface area contributed by atoms with Crippen LogP contribution in [0.25, 0.3) is 5.82 Å². The summed E-state index contributed by atoms with van der Waals surface area (Å²) in [5.74, 6) is 2.56. The second kappa shape index (κ2) is 5.13. The number of aryl methyl sites for hydroxylation is 1. The minimum absolute atomic E-state index is 0.597. The van der Waals surface area contributed by atoms with E-state index in [1.165, 1.54) is 31.6 Å². The first kappa shape index (κ1) is 12.4. The van der Waals surface area contributed by atoms with Gasteiger partial charge < -0.3 is 4.90 Å². The topological polar surface area (TPSA) is 34.0 Å². The van der Waals surface area contributed by atoms with Gasteiger partial charge in [-0.25, -0.2) is 9.97 Å². The van der Waals surface area contributed by atoms with E-state index in [0.29, 0.717) is 5.92 Å². The van der Waals surface area contributed by atoms with Gasteiger partial charge in [0.25, 0.3) is 0 Å². The lowest BCUT2D eigenvalue weighted by Gasteiger charge is -2.28. The van der Waals surface area contributed by atoms with Crippen molar-refractivity contribution in [1.82, 2.24) is 19.4 Å². The Morgan fingerprint density at radius 3 is 2.68 bits per heavy atom. The van der Waals surface area contributed by atoms with E-state index in [0.717, 1.165) is 11.6 Å². The number of hydrogen-bond acceptors (Lipinski definition) is 3. The third kappa shape index (κ3) is 2.54. The van der Waals surface area contributed by atoms with Crippen LogP contribution in [0.5, 0.6) is 0 Å². The number of rotatable bonds is 2. The van der Waals surface area contributed by atoms with Gasteiger partial charge in [0.15, 0.2) is 0 Å². The molecule has 0 atom stereocenters. The number of likely N-dealkylation sites (tertiary alicyclic amines) is 1. The average Bonchev–Trinajstić information content (AvgIpc) is 2.86. The maximum Gasteiger partial charge on any atom is 0.138 e. The molecule has 0 aliphatic carbocycles. The van der Waals surface area contributed by atoms with Crippen LogP contribution in [0.3, 0.4) is 0 Å². The van der Waals surface area contributed by atoms with Crippen molar-refractivity contribution in [2.45, 2.75) is 25.7 Å². The molecule has 0 radical (unpaired) electrons. The molecule has 1 fully saturated rings. The summed E-state index contributed by atoms with van der Waals surface area (Å²) >= 11 is 0. The summed E-state index contributed by atoms with van der Waals surface area (Å²) in [6.07, 6.45) is 6.20. The number of piperidine rings is 1. The van der Waals surface area contributed by atoms with Gasteiger partial charge in [-0.1, -0.05) is 6.07 Å². The Bertz CT molecular complexity index is 553. The second-order valence-electron chi connectivity index (χ2n) is 5.34. The molecule has 0 saturated carbocycles. The number of aromatic nitrogens is 3. The zero-order valence-electron chi connectivity index (χ0n) is 11.6. The van der Waals surface area contributed by atoms with Crippen LogP contribution in [-0.2, 0) is 0 Å². The van der Waals surface area contributed by atoms with Crippen LogP contribution in [0.15, 0.2) is 30.6 Å². The van der Waals surface area contributed by atoms with Crippen molar-refractivity contribution >= 4 is 0 Å². The smallest absolute Gasteiger partial charge is 0.138 e. The normalized spacial score (nSPS) is 17.8. The van der Waals surface area contributed by atoms with Crippen molar-refractivity contribution in [3.8, 4) is 5.82 Å². The SMILES string of the molecule is Cc1nccn1-c1cccc(C2CCN(C)CC2)n1. The second-order valence-corrected chi connectivity index (χ2v) is 5.34. The van der Waals surface area contributed by atoms with Gasteiger partial charge in [-0.3, -0.25) is 4.57 Å². The van der Waals surface area contributed by atoms with Crippen molar-refractivity contribution in [3.63, 3.8) is 0 Å².